The average molecular weight is 542 g/mol. The number of hydrogen-bond acceptors (Lipinski definition) is 3. The second-order valence-corrected chi connectivity index (χ2v) is 8.37. The number of rotatable bonds is 7. The maximum atomic E-state index is 12.7. The quantitative estimate of drug-likeness (QED) is 0.257. The summed E-state index contributed by atoms with van der Waals surface area (Å²) < 4.78 is 50.2. The summed E-state index contributed by atoms with van der Waals surface area (Å²) >= 11 is 3.39. The molecule has 0 aromatic heterocycles. The van der Waals surface area contributed by atoms with Gasteiger partial charge in [-0.3, -0.25) is 4.79 Å². The molecule has 35 heavy (non-hydrogen) atoms. The lowest BCUT2D eigenvalue weighted by Gasteiger charge is -2.12. The van der Waals surface area contributed by atoms with Crippen molar-refractivity contribution in [3.05, 3.63) is 118 Å². The van der Waals surface area contributed by atoms with Crippen LogP contribution in [0.5, 0.6) is 17.2 Å². The second-order valence-electron chi connectivity index (χ2n) is 7.52. The van der Waals surface area contributed by atoms with E-state index in [9.17, 15) is 18.0 Å². The summed E-state index contributed by atoms with van der Waals surface area (Å²) in [4.78, 5) is 12.7. The summed E-state index contributed by atoms with van der Waals surface area (Å²) in [6.45, 7) is 0.422. The first kappa shape index (κ1) is 24.3. The number of ether oxygens (including phenoxy) is 2. The largest absolute Gasteiger partial charge is 0.489 e. The van der Waals surface area contributed by atoms with Crippen LogP contribution in [0.15, 0.2) is 102 Å². The predicted octanol–water partition coefficient (Wildman–Crippen LogP) is 8.09. The zero-order valence-electron chi connectivity index (χ0n) is 18.2. The molecule has 0 saturated heterocycles. The van der Waals surface area contributed by atoms with Crippen molar-refractivity contribution in [2.45, 2.75) is 12.8 Å². The fourth-order valence-corrected chi connectivity index (χ4v) is 3.50. The lowest BCUT2D eigenvalue weighted by atomic mass is 10.2. The Kier molecular flexibility index (Phi) is 7.41. The van der Waals surface area contributed by atoms with Crippen molar-refractivity contribution in [2.24, 2.45) is 0 Å². The van der Waals surface area contributed by atoms with Gasteiger partial charge in [0.2, 0.25) is 0 Å². The number of hydrogen-bond donors (Lipinski definition) is 1. The summed E-state index contributed by atoms with van der Waals surface area (Å²) in [6.07, 6.45) is -4.42. The first-order valence-corrected chi connectivity index (χ1v) is 11.3. The summed E-state index contributed by atoms with van der Waals surface area (Å²) in [5, 5.41) is 2.80. The Morgan fingerprint density at radius 3 is 2.09 bits per heavy atom. The second kappa shape index (κ2) is 10.7. The summed E-state index contributed by atoms with van der Waals surface area (Å²) in [5.74, 6) is 0.891. The van der Waals surface area contributed by atoms with E-state index in [1.165, 1.54) is 12.1 Å². The van der Waals surface area contributed by atoms with E-state index in [0.717, 1.165) is 17.7 Å². The highest BCUT2D eigenvalue weighted by atomic mass is 79.9. The third kappa shape index (κ3) is 6.64. The fourth-order valence-electron chi connectivity index (χ4n) is 3.15. The zero-order valence-corrected chi connectivity index (χ0v) is 19.8. The minimum absolute atomic E-state index is 0.240. The van der Waals surface area contributed by atoms with Crippen LogP contribution in [-0.4, -0.2) is 5.91 Å². The molecule has 8 heteroatoms. The van der Waals surface area contributed by atoms with Gasteiger partial charge in [0.1, 0.15) is 23.9 Å². The molecule has 4 rings (SSSR count). The molecular weight excluding hydrogens is 523 g/mol. The number of alkyl halides is 3. The van der Waals surface area contributed by atoms with Gasteiger partial charge >= 0.3 is 6.18 Å². The lowest BCUT2D eigenvalue weighted by molar-refractivity contribution is -0.137. The SMILES string of the molecule is O=C(Nc1cc(Oc2ccc(C(F)(F)F)cc2)ccc1Br)c1ccc(OCc2ccccc2)cc1. The molecule has 1 amide bonds. The Morgan fingerprint density at radius 1 is 0.800 bits per heavy atom. The van der Waals surface area contributed by atoms with Crippen molar-refractivity contribution in [1.29, 1.82) is 0 Å². The van der Waals surface area contributed by atoms with Crippen molar-refractivity contribution < 1.29 is 27.4 Å². The van der Waals surface area contributed by atoms with Gasteiger partial charge in [0.05, 0.1) is 11.3 Å². The lowest BCUT2D eigenvalue weighted by Crippen LogP contribution is -2.12. The molecule has 4 aromatic carbocycles. The van der Waals surface area contributed by atoms with Gasteiger partial charge in [-0.05, 0) is 82.2 Å². The van der Waals surface area contributed by atoms with Crippen LogP contribution < -0.4 is 14.8 Å². The molecule has 0 spiro atoms. The monoisotopic (exact) mass is 541 g/mol. The molecule has 178 valence electrons. The number of halogens is 4. The van der Waals surface area contributed by atoms with E-state index in [0.29, 0.717) is 33.8 Å². The third-order valence-electron chi connectivity index (χ3n) is 4.97. The van der Waals surface area contributed by atoms with E-state index in [4.69, 9.17) is 9.47 Å². The molecule has 0 radical (unpaired) electrons. The van der Waals surface area contributed by atoms with Gasteiger partial charge in [-0.1, -0.05) is 30.3 Å². The summed E-state index contributed by atoms with van der Waals surface area (Å²) in [6, 6.07) is 25.8. The van der Waals surface area contributed by atoms with Crippen LogP contribution in [0.2, 0.25) is 0 Å². The van der Waals surface area contributed by atoms with E-state index in [2.05, 4.69) is 21.2 Å². The summed E-state index contributed by atoms with van der Waals surface area (Å²) in [7, 11) is 0. The molecule has 0 saturated carbocycles. The van der Waals surface area contributed by atoms with Crippen LogP contribution in [-0.2, 0) is 12.8 Å². The van der Waals surface area contributed by atoms with E-state index in [1.807, 2.05) is 30.3 Å². The number of amides is 1. The molecule has 0 aliphatic rings. The van der Waals surface area contributed by atoms with Crippen LogP contribution in [0.25, 0.3) is 0 Å². The van der Waals surface area contributed by atoms with Gasteiger partial charge in [-0.15, -0.1) is 0 Å². The number of carbonyl (C=O) groups excluding carboxylic acids is 1. The Balaban J connectivity index is 1.39. The standard InChI is InChI=1S/C27H19BrF3NO3/c28-24-15-14-23(35-22-12-8-20(9-13-22)27(29,30)31)16-25(24)32-26(33)19-6-10-21(11-7-19)34-17-18-4-2-1-3-5-18/h1-16H,17H2,(H,32,33). The molecular formula is C27H19BrF3NO3. The van der Waals surface area contributed by atoms with Crippen molar-refractivity contribution in [3.8, 4) is 17.2 Å². The molecule has 4 aromatic rings. The molecule has 1 N–H and O–H groups in total. The summed E-state index contributed by atoms with van der Waals surface area (Å²) in [5.41, 5.74) is 1.16. The van der Waals surface area contributed by atoms with Crippen molar-refractivity contribution in [1.82, 2.24) is 0 Å². The number of benzene rings is 4. The molecule has 0 aliphatic heterocycles. The van der Waals surface area contributed by atoms with Crippen molar-refractivity contribution >= 4 is 27.5 Å². The number of nitrogens with one attached hydrogen (secondary N) is 1. The van der Waals surface area contributed by atoms with Crippen LogP contribution in [0.3, 0.4) is 0 Å². The highest BCUT2D eigenvalue weighted by Crippen LogP contribution is 2.33. The number of anilines is 1. The Bertz CT molecular complexity index is 1290. The average Bonchev–Trinajstić information content (AvgIpc) is 2.85. The molecule has 0 heterocycles. The molecule has 4 nitrogen and oxygen atoms in total. The zero-order chi connectivity index (χ0) is 24.8. The normalized spacial score (nSPS) is 11.1. The van der Waals surface area contributed by atoms with Crippen LogP contribution in [0.4, 0.5) is 18.9 Å². The maximum Gasteiger partial charge on any atom is 0.416 e. The maximum absolute atomic E-state index is 12.7. The molecule has 0 fully saturated rings. The fraction of sp³-hybridized carbons (Fsp3) is 0.0741. The predicted molar refractivity (Wildman–Crippen MR) is 131 cm³/mol. The van der Waals surface area contributed by atoms with Crippen molar-refractivity contribution in [3.63, 3.8) is 0 Å². The van der Waals surface area contributed by atoms with Gasteiger partial charge in [-0.2, -0.15) is 13.2 Å². The molecule has 0 bridgehead atoms. The topological polar surface area (TPSA) is 47.6 Å². The van der Waals surface area contributed by atoms with E-state index < -0.39 is 11.7 Å². The van der Waals surface area contributed by atoms with E-state index in [1.54, 1.807) is 42.5 Å². The van der Waals surface area contributed by atoms with Crippen LogP contribution in [0.1, 0.15) is 21.5 Å². The van der Waals surface area contributed by atoms with Crippen LogP contribution >= 0.6 is 15.9 Å². The smallest absolute Gasteiger partial charge is 0.416 e. The van der Waals surface area contributed by atoms with E-state index in [-0.39, 0.29) is 11.7 Å². The molecule has 0 aliphatic carbocycles. The first-order valence-electron chi connectivity index (χ1n) is 10.5. The van der Waals surface area contributed by atoms with Crippen LogP contribution in [0, 0.1) is 0 Å². The van der Waals surface area contributed by atoms with Gasteiger partial charge < -0.3 is 14.8 Å². The van der Waals surface area contributed by atoms with Gasteiger partial charge in [0, 0.05) is 16.1 Å². The minimum atomic E-state index is -4.42. The van der Waals surface area contributed by atoms with Gasteiger partial charge in [0.15, 0.2) is 0 Å². The third-order valence-corrected chi connectivity index (χ3v) is 5.66. The Hall–Kier alpha value is -3.78. The highest BCUT2D eigenvalue weighted by Gasteiger charge is 2.30. The van der Waals surface area contributed by atoms with Crippen molar-refractivity contribution in [2.75, 3.05) is 5.32 Å². The molecule has 0 unspecified atom stereocenters. The minimum Gasteiger partial charge on any atom is -0.489 e. The Morgan fingerprint density at radius 2 is 1.43 bits per heavy atom. The number of carbonyl (C=O) groups is 1. The highest BCUT2D eigenvalue weighted by molar-refractivity contribution is 9.10. The Labute approximate surface area is 208 Å². The van der Waals surface area contributed by atoms with Gasteiger partial charge in [-0.25, -0.2) is 0 Å². The first-order chi connectivity index (χ1) is 16.8. The van der Waals surface area contributed by atoms with E-state index >= 15 is 0 Å². The molecule has 0 atom stereocenters. The van der Waals surface area contributed by atoms with Gasteiger partial charge in [0.25, 0.3) is 5.91 Å².